The molecule has 0 amide bonds. The number of hydrogen-bond acceptors (Lipinski definition) is 3. The lowest BCUT2D eigenvalue weighted by Gasteiger charge is -2.08. The molecular weight excluding hydrogens is 274 g/mol. The Morgan fingerprint density at radius 1 is 1.09 bits per heavy atom. The van der Waals surface area contributed by atoms with Gasteiger partial charge in [0.15, 0.2) is 5.78 Å². The molecule has 3 rings (SSSR count). The number of nitrogens with one attached hydrogen (secondary N) is 1. The number of ketones is 1. The summed E-state index contributed by atoms with van der Waals surface area (Å²) in [4.78, 5) is 11.6. The van der Waals surface area contributed by atoms with Crippen molar-refractivity contribution in [2.45, 2.75) is 13.5 Å². The van der Waals surface area contributed by atoms with Gasteiger partial charge in [-0.25, -0.2) is 4.68 Å². The molecule has 0 bridgehead atoms. The normalized spacial score (nSPS) is 10.4. The first-order chi connectivity index (χ1) is 10.7. The molecule has 4 heteroatoms. The molecule has 4 nitrogen and oxygen atoms in total. The van der Waals surface area contributed by atoms with E-state index in [1.165, 1.54) is 0 Å². The molecule has 0 atom stereocenters. The molecule has 0 saturated carbocycles. The number of carbonyl (C=O) groups is 1. The van der Waals surface area contributed by atoms with Crippen LogP contribution in [0.25, 0.3) is 5.69 Å². The number of Topliss-reactive ketones (excluding diaryl/α,β-unsaturated/α-hetero) is 1. The Kier molecular flexibility index (Phi) is 4.01. The van der Waals surface area contributed by atoms with Gasteiger partial charge >= 0.3 is 0 Å². The van der Waals surface area contributed by atoms with Crippen molar-refractivity contribution in [1.82, 2.24) is 9.78 Å². The Balaban J connectivity index is 1.73. The second kappa shape index (κ2) is 6.26. The van der Waals surface area contributed by atoms with Crippen LogP contribution in [0.5, 0.6) is 0 Å². The highest BCUT2D eigenvalue weighted by atomic mass is 16.1. The Morgan fingerprint density at radius 2 is 1.82 bits per heavy atom. The number of hydrogen-bond donors (Lipinski definition) is 1. The van der Waals surface area contributed by atoms with Crippen molar-refractivity contribution in [2.75, 3.05) is 5.32 Å². The van der Waals surface area contributed by atoms with E-state index in [2.05, 4.69) is 10.4 Å². The standard InChI is InChI=1S/C18H17N3O/c1-14(22)17-9-5-6-10-18(17)19-11-15-12-20-21(13-15)16-7-3-2-4-8-16/h2-10,12-13,19H,11H2,1H3. The maximum absolute atomic E-state index is 11.6. The van der Waals surface area contributed by atoms with Crippen molar-refractivity contribution in [3.63, 3.8) is 0 Å². The van der Waals surface area contributed by atoms with E-state index in [0.29, 0.717) is 12.1 Å². The molecule has 22 heavy (non-hydrogen) atoms. The Labute approximate surface area is 129 Å². The van der Waals surface area contributed by atoms with E-state index in [9.17, 15) is 4.79 Å². The molecule has 110 valence electrons. The van der Waals surface area contributed by atoms with Gasteiger partial charge in [0, 0.05) is 29.6 Å². The summed E-state index contributed by atoms with van der Waals surface area (Å²) >= 11 is 0. The van der Waals surface area contributed by atoms with Gasteiger partial charge in [0.05, 0.1) is 11.9 Å². The zero-order valence-corrected chi connectivity index (χ0v) is 12.4. The van der Waals surface area contributed by atoms with Gasteiger partial charge in [0.2, 0.25) is 0 Å². The fourth-order valence-corrected chi connectivity index (χ4v) is 2.31. The van der Waals surface area contributed by atoms with Crippen molar-refractivity contribution in [3.05, 3.63) is 78.1 Å². The minimum absolute atomic E-state index is 0.0584. The predicted molar refractivity (Wildman–Crippen MR) is 87.3 cm³/mol. The fourth-order valence-electron chi connectivity index (χ4n) is 2.31. The minimum Gasteiger partial charge on any atom is -0.380 e. The summed E-state index contributed by atoms with van der Waals surface area (Å²) in [6, 6.07) is 17.5. The monoisotopic (exact) mass is 291 g/mol. The quantitative estimate of drug-likeness (QED) is 0.729. The summed E-state index contributed by atoms with van der Waals surface area (Å²) < 4.78 is 1.84. The number of benzene rings is 2. The topological polar surface area (TPSA) is 46.9 Å². The van der Waals surface area contributed by atoms with Crippen LogP contribution in [-0.2, 0) is 6.54 Å². The van der Waals surface area contributed by atoms with E-state index in [-0.39, 0.29) is 5.78 Å². The number of anilines is 1. The molecule has 1 aromatic heterocycles. The highest BCUT2D eigenvalue weighted by Gasteiger charge is 2.06. The highest BCUT2D eigenvalue weighted by molar-refractivity contribution is 5.99. The van der Waals surface area contributed by atoms with Gasteiger partial charge in [-0.1, -0.05) is 30.3 Å². The fraction of sp³-hybridized carbons (Fsp3) is 0.111. The number of nitrogens with zero attached hydrogens (tertiary/aromatic N) is 2. The summed E-state index contributed by atoms with van der Waals surface area (Å²) in [7, 11) is 0. The lowest BCUT2D eigenvalue weighted by molar-refractivity contribution is 0.101. The van der Waals surface area contributed by atoms with Gasteiger partial charge < -0.3 is 5.32 Å². The number of rotatable bonds is 5. The van der Waals surface area contributed by atoms with E-state index in [0.717, 1.165) is 16.9 Å². The second-order valence-electron chi connectivity index (χ2n) is 5.08. The Bertz CT molecular complexity index is 778. The number of carbonyl (C=O) groups excluding carboxylic acids is 1. The van der Waals surface area contributed by atoms with Crippen LogP contribution in [-0.4, -0.2) is 15.6 Å². The van der Waals surface area contributed by atoms with Crippen LogP contribution in [0.1, 0.15) is 22.8 Å². The maximum Gasteiger partial charge on any atom is 0.161 e. The first-order valence-electron chi connectivity index (χ1n) is 7.17. The Morgan fingerprint density at radius 3 is 2.59 bits per heavy atom. The molecule has 0 spiro atoms. The van der Waals surface area contributed by atoms with Gasteiger partial charge in [0.25, 0.3) is 0 Å². The third kappa shape index (κ3) is 3.06. The van der Waals surface area contributed by atoms with E-state index >= 15 is 0 Å². The van der Waals surface area contributed by atoms with Gasteiger partial charge in [-0.15, -0.1) is 0 Å². The molecule has 0 saturated heterocycles. The van der Waals surface area contributed by atoms with Crippen molar-refractivity contribution in [1.29, 1.82) is 0 Å². The van der Waals surface area contributed by atoms with Crippen LogP contribution >= 0.6 is 0 Å². The molecule has 0 aliphatic heterocycles. The van der Waals surface area contributed by atoms with Gasteiger partial charge in [-0.05, 0) is 31.2 Å². The molecule has 1 heterocycles. The molecule has 2 aromatic carbocycles. The molecule has 3 aromatic rings. The van der Waals surface area contributed by atoms with E-state index in [1.54, 1.807) is 6.92 Å². The van der Waals surface area contributed by atoms with Crippen LogP contribution < -0.4 is 5.32 Å². The molecule has 0 aliphatic carbocycles. The zero-order chi connectivity index (χ0) is 15.4. The number of para-hydroxylation sites is 2. The number of aromatic nitrogens is 2. The first kappa shape index (κ1) is 14.1. The summed E-state index contributed by atoms with van der Waals surface area (Å²) in [5.41, 5.74) is 3.64. The van der Waals surface area contributed by atoms with Crippen LogP contribution in [0, 0.1) is 0 Å². The summed E-state index contributed by atoms with van der Waals surface area (Å²) in [6.07, 6.45) is 3.81. The van der Waals surface area contributed by atoms with Gasteiger partial charge in [-0.3, -0.25) is 4.79 Å². The first-order valence-corrected chi connectivity index (χ1v) is 7.17. The maximum atomic E-state index is 11.6. The van der Waals surface area contributed by atoms with Crippen LogP contribution in [0.4, 0.5) is 5.69 Å². The SMILES string of the molecule is CC(=O)c1ccccc1NCc1cnn(-c2ccccc2)c1. The van der Waals surface area contributed by atoms with Crippen molar-refractivity contribution >= 4 is 11.5 Å². The molecule has 0 unspecified atom stereocenters. The van der Waals surface area contributed by atoms with Crippen LogP contribution in [0.2, 0.25) is 0 Å². The molecular formula is C18H17N3O. The molecule has 1 N–H and O–H groups in total. The van der Waals surface area contributed by atoms with Crippen molar-refractivity contribution < 1.29 is 4.79 Å². The van der Waals surface area contributed by atoms with E-state index in [1.807, 2.05) is 71.7 Å². The van der Waals surface area contributed by atoms with Crippen LogP contribution in [0.15, 0.2) is 67.0 Å². The Hall–Kier alpha value is -2.88. The third-order valence-electron chi connectivity index (χ3n) is 3.45. The van der Waals surface area contributed by atoms with Crippen molar-refractivity contribution in [3.8, 4) is 5.69 Å². The smallest absolute Gasteiger partial charge is 0.161 e. The predicted octanol–water partition coefficient (Wildman–Crippen LogP) is 3.69. The van der Waals surface area contributed by atoms with Crippen LogP contribution in [0.3, 0.4) is 0 Å². The second-order valence-corrected chi connectivity index (χ2v) is 5.08. The van der Waals surface area contributed by atoms with E-state index in [4.69, 9.17) is 0 Å². The lowest BCUT2D eigenvalue weighted by atomic mass is 10.1. The zero-order valence-electron chi connectivity index (χ0n) is 12.4. The summed E-state index contributed by atoms with van der Waals surface area (Å²) in [5.74, 6) is 0.0584. The molecule has 0 radical (unpaired) electrons. The van der Waals surface area contributed by atoms with Crippen molar-refractivity contribution in [2.24, 2.45) is 0 Å². The summed E-state index contributed by atoms with van der Waals surface area (Å²) in [5, 5.41) is 7.67. The molecule has 0 fully saturated rings. The van der Waals surface area contributed by atoms with Gasteiger partial charge in [0.1, 0.15) is 0 Å². The molecule has 0 aliphatic rings. The average molecular weight is 291 g/mol. The highest BCUT2D eigenvalue weighted by Crippen LogP contribution is 2.17. The van der Waals surface area contributed by atoms with E-state index < -0.39 is 0 Å². The average Bonchev–Trinajstić information content (AvgIpc) is 3.03. The third-order valence-corrected chi connectivity index (χ3v) is 3.45. The largest absolute Gasteiger partial charge is 0.380 e. The van der Waals surface area contributed by atoms with Gasteiger partial charge in [-0.2, -0.15) is 5.10 Å². The summed E-state index contributed by atoms with van der Waals surface area (Å²) in [6.45, 7) is 2.20. The lowest BCUT2D eigenvalue weighted by Crippen LogP contribution is -2.04. The minimum atomic E-state index is 0.0584.